The van der Waals surface area contributed by atoms with Crippen molar-refractivity contribution >= 4 is 18.3 Å². The van der Waals surface area contributed by atoms with Gasteiger partial charge in [0.25, 0.3) is 0 Å². The Morgan fingerprint density at radius 3 is 2.32 bits per heavy atom. The summed E-state index contributed by atoms with van der Waals surface area (Å²) in [5.41, 5.74) is 6.73. The summed E-state index contributed by atoms with van der Waals surface area (Å²) in [6.45, 7) is 6.39. The average molecular weight is 331 g/mol. The zero-order chi connectivity index (χ0) is 16.0. The first-order chi connectivity index (χ1) is 9.79. The number of halogens is 1. The summed E-state index contributed by atoms with van der Waals surface area (Å²) in [6, 6.07) is 5.21. The lowest BCUT2D eigenvalue weighted by Crippen LogP contribution is -2.48. The van der Waals surface area contributed by atoms with Gasteiger partial charge in [-0.1, -0.05) is 26.8 Å². The molecule has 6 heteroatoms. The number of nitrogens with two attached hydrogens (primary N) is 1. The Bertz CT molecular complexity index is 487. The lowest BCUT2D eigenvalue weighted by atomic mass is 9.87. The Balaban J connectivity index is 0.00000441. The van der Waals surface area contributed by atoms with Gasteiger partial charge in [-0.05, 0) is 29.5 Å². The maximum absolute atomic E-state index is 11.9. The SMILES string of the molecule is COc1ccc(CCNC(=O)[C@@H](N)C(C)(C)C)cc1OC.Cl. The number of rotatable bonds is 6. The number of amides is 1. The summed E-state index contributed by atoms with van der Waals surface area (Å²) in [6.07, 6.45) is 0.711. The molecular formula is C16H27ClN2O3. The third-order valence-electron chi connectivity index (χ3n) is 3.38. The van der Waals surface area contributed by atoms with Gasteiger partial charge in [-0.15, -0.1) is 12.4 Å². The highest BCUT2D eigenvalue weighted by molar-refractivity contribution is 5.85. The Labute approximate surface area is 139 Å². The highest BCUT2D eigenvalue weighted by atomic mass is 35.5. The molecule has 0 aliphatic carbocycles. The van der Waals surface area contributed by atoms with Crippen LogP contribution in [0.15, 0.2) is 18.2 Å². The number of carbonyl (C=O) groups is 1. The molecule has 0 radical (unpaired) electrons. The van der Waals surface area contributed by atoms with Gasteiger partial charge in [0.2, 0.25) is 5.91 Å². The number of benzene rings is 1. The van der Waals surface area contributed by atoms with E-state index in [0.29, 0.717) is 24.5 Å². The van der Waals surface area contributed by atoms with Gasteiger partial charge >= 0.3 is 0 Å². The second-order valence-electron chi connectivity index (χ2n) is 6.07. The second-order valence-corrected chi connectivity index (χ2v) is 6.07. The van der Waals surface area contributed by atoms with Crippen LogP contribution in [0.1, 0.15) is 26.3 Å². The predicted octanol–water partition coefficient (Wildman–Crippen LogP) is 2.16. The number of carbonyl (C=O) groups excluding carboxylic acids is 1. The molecule has 22 heavy (non-hydrogen) atoms. The number of methoxy groups -OCH3 is 2. The van der Waals surface area contributed by atoms with E-state index in [1.807, 2.05) is 39.0 Å². The molecule has 126 valence electrons. The Morgan fingerprint density at radius 1 is 1.23 bits per heavy atom. The Morgan fingerprint density at radius 2 is 1.82 bits per heavy atom. The molecule has 1 rings (SSSR count). The minimum atomic E-state index is -0.511. The van der Waals surface area contributed by atoms with E-state index in [9.17, 15) is 4.79 Å². The number of hydrogen-bond acceptors (Lipinski definition) is 4. The summed E-state index contributed by atoms with van der Waals surface area (Å²) in [7, 11) is 3.21. The van der Waals surface area contributed by atoms with Crippen molar-refractivity contribution < 1.29 is 14.3 Å². The number of nitrogens with one attached hydrogen (secondary N) is 1. The van der Waals surface area contributed by atoms with Crippen LogP contribution in [0.5, 0.6) is 11.5 Å². The van der Waals surface area contributed by atoms with E-state index in [1.54, 1.807) is 14.2 Å². The fourth-order valence-corrected chi connectivity index (χ4v) is 1.87. The molecule has 0 spiro atoms. The first-order valence-corrected chi connectivity index (χ1v) is 7.03. The van der Waals surface area contributed by atoms with Crippen LogP contribution in [0.4, 0.5) is 0 Å². The van der Waals surface area contributed by atoms with Gasteiger partial charge in [-0.25, -0.2) is 0 Å². The van der Waals surface area contributed by atoms with Gasteiger partial charge in [-0.3, -0.25) is 4.79 Å². The monoisotopic (exact) mass is 330 g/mol. The van der Waals surface area contributed by atoms with E-state index in [4.69, 9.17) is 15.2 Å². The lowest BCUT2D eigenvalue weighted by Gasteiger charge is -2.25. The van der Waals surface area contributed by atoms with Crippen LogP contribution in [0.25, 0.3) is 0 Å². The molecule has 1 atom stereocenters. The third kappa shape index (κ3) is 5.73. The summed E-state index contributed by atoms with van der Waals surface area (Å²) in [5.74, 6) is 1.26. The van der Waals surface area contributed by atoms with Gasteiger partial charge in [0.05, 0.1) is 20.3 Å². The molecule has 0 aromatic heterocycles. The molecule has 0 aliphatic rings. The lowest BCUT2D eigenvalue weighted by molar-refractivity contribution is -0.124. The molecule has 0 bridgehead atoms. The maximum Gasteiger partial charge on any atom is 0.237 e. The second kappa shape index (κ2) is 8.86. The van der Waals surface area contributed by atoms with Crippen molar-refractivity contribution in [2.24, 2.45) is 11.1 Å². The van der Waals surface area contributed by atoms with Crippen LogP contribution in [0, 0.1) is 5.41 Å². The first kappa shape index (κ1) is 20.5. The summed E-state index contributed by atoms with van der Waals surface area (Å²) in [5, 5.41) is 2.87. The molecular weight excluding hydrogens is 304 g/mol. The standard InChI is InChI=1S/C16H26N2O3.ClH/c1-16(2,3)14(17)15(19)18-9-8-11-6-7-12(20-4)13(10-11)21-5;/h6-7,10,14H,8-9,17H2,1-5H3,(H,18,19);1H/t14-;/m1./s1. The van der Waals surface area contributed by atoms with Crippen molar-refractivity contribution in [3.05, 3.63) is 23.8 Å². The number of ether oxygens (including phenoxy) is 2. The smallest absolute Gasteiger partial charge is 0.237 e. The van der Waals surface area contributed by atoms with E-state index in [2.05, 4.69) is 5.32 Å². The van der Waals surface area contributed by atoms with Gasteiger partial charge < -0.3 is 20.5 Å². The van der Waals surface area contributed by atoms with Crippen LogP contribution < -0.4 is 20.5 Å². The Kier molecular flexibility index (Phi) is 8.27. The summed E-state index contributed by atoms with van der Waals surface area (Å²) < 4.78 is 10.4. The van der Waals surface area contributed by atoms with Crippen molar-refractivity contribution in [1.29, 1.82) is 0 Å². The largest absolute Gasteiger partial charge is 0.493 e. The van der Waals surface area contributed by atoms with Gasteiger partial charge in [0, 0.05) is 6.54 Å². The fraction of sp³-hybridized carbons (Fsp3) is 0.562. The molecule has 1 aromatic rings. The van der Waals surface area contributed by atoms with Crippen molar-refractivity contribution in [3.8, 4) is 11.5 Å². The van der Waals surface area contributed by atoms with Crippen molar-refractivity contribution in [2.75, 3.05) is 20.8 Å². The summed E-state index contributed by atoms with van der Waals surface area (Å²) >= 11 is 0. The molecule has 0 unspecified atom stereocenters. The van der Waals surface area contributed by atoms with Crippen LogP contribution in [0.2, 0.25) is 0 Å². The van der Waals surface area contributed by atoms with Crippen LogP contribution in [-0.4, -0.2) is 32.7 Å². The van der Waals surface area contributed by atoms with E-state index >= 15 is 0 Å². The van der Waals surface area contributed by atoms with Gasteiger partial charge in [0.15, 0.2) is 11.5 Å². The highest BCUT2D eigenvalue weighted by Crippen LogP contribution is 2.27. The topological polar surface area (TPSA) is 73.6 Å². The van der Waals surface area contributed by atoms with E-state index < -0.39 is 6.04 Å². The summed E-state index contributed by atoms with van der Waals surface area (Å²) in [4.78, 5) is 11.9. The van der Waals surface area contributed by atoms with Crippen LogP contribution in [0.3, 0.4) is 0 Å². The van der Waals surface area contributed by atoms with E-state index in [-0.39, 0.29) is 23.7 Å². The van der Waals surface area contributed by atoms with Crippen molar-refractivity contribution in [2.45, 2.75) is 33.2 Å². The molecule has 3 N–H and O–H groups in total. The molecule has 0 saturated heterocycles. The van der Waals surface area contributed by atoms with Crippen LogP contribution >= 0.6 is 12.4 Å². The molecule has 0 aliphatic heterocycles. The normalized spacial score (nSPS) is 12.1. The van der Waals surface area contributed by atoms with Crippen molar-refractivity contribution in [3.63, 3.8) is 0 Å². The average Bonchev–Trinajstić information content (AvgIpc) is 2.45. The molecule has 0 heterocycles. The van der Waals surface area contributed by atoms with E-state index in [0.717, 1.165) is 5.56 Å². The quantitative estimate of drug-likeness (QED) is 0.838. The highest BCUT2D eigenvalue weighted by Gasteiger charge is 2.26. The van der Waals surface area contributed by atoms with E-state index in [1.165, 1.54) is 0 Å². The zero-order valence-corrected chi connectivity index (χ0v) is 14.8. The molecule has 0 fully saturated rings. The maximum atomic E-state index is 11.9. The van der Waals surface area contributed by atoms with Gasteiger partial charge in [0.1, 0.15) is 0 Å². The minimum absolute atomic E-state index is 0. The molecule has 1 amide bonds. The van der Waals surface area contributed by atoms with Crippen molar-refractivity contribution in [1.82, 2.24) is 5.32 Å². The zero-order valence-electron chi connectivity index (χ0n) is 13.9. The van der Waals surface area contributed by atoms with Crippen LogP contribution in [-0.2, 0) is 11.2 Å². The fourth-order valence-electron chi connectivity index (χ4n) is 1.87. The first-order valence-electron chi connectivity index (χ1n) is 7.03. The van der Waals surface area contributed by atoms with Gasteiger partial charge in [-0.2, -0.15) is 0 Å². The number of hydrogen-bond donors (Lipinski definition) is 2. The molecule has 5 nitrogen and oxygen atoms in total. The third-order valence-corrected chi connectivity index (χ3v) is 3.38. The predicted molar refractivity (Wildman–Crippen MR) is 90.9 cm³/mol. The Hall–Kier alpha value is -1.46. The molecule has 0 saturated carbocycles. The minimum Gasteiger partial charge on any atom is -0.493 e. The molecule has 1 aromatic carbocycles.